The first kappa shape index (κ1) is 18.2. The summed E-state index contributed by atoms with van der Waals surface area (Å²) in [5.74, 6) is 1.77. The summed E-state index contributed by atoms with van der Waals surface area (Å²) in [4.78, 5) is 5.00. The molecule has 3 aromatic rings. The Morgan fingerprint density at radius 3 is 2.69 bits per heavy atom. The van der Waals surface area contributed by atoms with Crippen molar-refractivity contribution in [3.05, 3.63) is 87.9 Å². The molecule has 0 aliphatic carbocycles. The quantitative estimate of drug-likeness (QED) is 0.582. The smallest absolute Gasteiger partial charge is 0.231 e. The van der Waals surface area contributed by atoms with Gasteiger partial charge >= 0.3 is 0 Å². The molecule has 2 N–H and O–H groups in total. The number of aliphatic imine (C=N–C) groups is 1. The third-order valence-corrected chi connectivity index (χ3v) is 5.72. The molecule has 5 rings (SSSR count). The molecule has 5 nitrogen and oxygen atoms in total. The lowest BCUT2D eigenvalue weighted by Crippen LogP contribution is -2.33. The highest BCUT2D eigenvalue weighted by Gasteiger charge is 2.28. The van der Waals surface area contributed by atoms with Gasteiger partial charge in [-0.1, -0.05) is 46.3 Å². The molecule has 2 aliphatic heterocycles. The zero-order valence-corrected chi connectivity index (χ0v) is 17.1. The molecule has 146 valence electrons. The van der Waals surface area contributed by atoms with Gasteiger partial charge in [-0.25, -0.2) is 0 Å². The lowest BCUT2D eigenvalue weighted by atomic mass is 9.93. The molecule has 2 atom stereocenters. The summed E-state index contributed by atoms with van der Waals surface area (Å²) in [7, 11) is 0. The highest BCUT2D eigenvalue weighted by molar-refractivity contribution is 9.10. The van der Waals surface area contributed by atoms with Crippen LogP contribution in [0.25, 0.3) is 0 Å². The third kappa shape index (κ3) is 3.61. The number of benzene rings is 3. The van der Waals surface area contributed by atoms with Crippen LogP contribution in [0, 0.1) is 0 Å². The number of halogens is 1. The highest BCUT2D eigenvalue weighted by Crippen LogP contribution is 2.37. The second kappa shape index (κ2) is 7.54. The average Bonchev–Trinajstić information content (AvgIpc) is 3.22. The van der Waals surface area contributed by atoms with E-state index in [1.54, 1.807) is 6.07 Å². The first-order valence-electron chi connectivity index (χ1n) is 9.43. The van der Waals surface area contributed by atoms with E-state index in [0.29, 0.717) is 6.42 Å². The summed E-state index contributed by atoms with van der Waals surface area (Å²) in [5.41, 5.74) is 3.87. The molecule has 29 heavy (non-hydrogen) atoms. The van der Waals surface area contributed by atoms with Crippen molar-refractivity contribution in [2.75, 3.05) is 6.79 Å². The maximum absolute atomic E-state index is 10.4. The minimum atomic E-state index is -0.230. The predicted molar refractivity (Wildman–Crippen MR) is 115 cm³/mol. The number of phenolic OH excluding ortho intramolecular Hbond substituents is 1. The van der Waals surface area contributed by atoms with Crippen LogP contribution < -0.4 is 14.8 Å². The topological polar surface area (TPSA) is 63.1 Å². The SMILES string of the molecule is Oc1ccccc1[C@@H]1CC(c2ccc3c(c2)OCO3)=N[C@H](c2cccc(Br)c2)N1. The van der Waals surface area contributed by atoms with E-state index in [4.69, 9.17) is 14.5 Å². The molecular formula is C23H19BrN2O3. The Bertz CT molecular complexity index is 1100. The first-order chi connectivity index (χ1) is 14.2. The van der Waals surface area contributed by atoms with Crippen LogP contribution in [0.15, 0.2) is 76.2 Å². The standard InChI is InChI=1S/C23H19BrN2O3/c24-16-5-3-4-15(10-16)23-25-18(14-8-9-21-22(11-14)29-13-28-21)12-19(26-23)17-6-1-2-7-20(17)27/h1-11,19,23,26-27H,12-13H2/t19-,23-/m0/s1. The van der Waals surface area contributed by atoms with E-state index in [2.05, 4.69) is 33.4 Å². The van der Waals surface area contributed by atoms with Crippen molar-refractivity contribution in [2.24, 2.45) is 4.99 Å². The number of fused-ring (bicyclic) bond motifs is 1. The molecule has 0 radical (unpaired) electrons. The van der Waals surface area contributed by atoms with Gasteiger partial charge in [0.2, 0.25) is 6.79 Å². The van der Waals surface area contributed by atoms with E-state index >= 15 is 0 Å². The minimum absolute atomic E-state index is 0.0712. The Morgan fingerprint density at radius 2 is 1.83 bits per heavy atom. The van der Waals surface area contributed by atoms with Crippen LogP contribution in [0.1, 0.15) is 35.3 Å². The molecule has 0 unspecified atom stereocenters. The van der Waals surface area contributed by atoms with Crippen molar-refractivity contribution in [1.29, 1.82) is 0 Å². The van der Waals surface area contributed by atoms with Crippen LogP contribution in [0.4, 0.5) is 0 Å². The van der Waals surface area contributed by atoms with Crippen molar-refractivity contribution in [2.45, 2.75) is 18.6 Å². The lowest BCUT2D eigenvalue weighted by Gasteiger charge is -2.31. The highest BCUT2D eigenvalue weighted by atomic mass is 79.9. The Morgan fingerprint density at radius 1 is 0.966 bits per heavy atom. The maximum Gasteiger partial charge on any atom is 0.231 e. The van der Waals surface area contributed by atoms with Gasteiger partial charge in [0.25, 0.3) is 0 Å². The number of nitrogens with one attached hydrogen (secondary N) is 1. The van der Waals surface area contributed by atoms with Crippen molar-refractivity contribution in [1.82, 2.24) is 5.32 Å². The average molecular weight is 451 g/mol. The Hall–Kier alpha value is -2.83. The molecule has 0 spiro atoms. The largest absolute Gasteiger partial charge is 0.508 e. The molecule has 0 aromatic heterocycles. The zero-order valence-electron chi connectivity index (χ0n) is 15.5. The number of para-hydroxylation sites is 1. The van der Waals surface area contributed by atoms with Crippen LogP contribution in [-0.2, 0) is 0 Å². The molecular weight excluding hydrogens is 432 g/mol. The van der Waals surface area contributed by atoms with Gasteiger partial charge in [-0.2, -0.15) is 0 Å². The van der Waals surface area contributed by atoms with Gasteiger partial charge in [0.05, 0.1) is 0 Å². The normalized spacial score (nSPS) is 20.4. The van der Waals surface area contributed by atoms with E-state index in [-0.39, 0.29) is 24.8 Å². The van der Waals surface area contributed by atoms with Crippen molar-refractivity contribution in [3.8, 4) is 17.2 Å². The number of hydrogen-bond acceptors (Lipinski definition) is 5. The second-order valence-corrected chi connectivity index (χ2v) is 8.00. The number of nitrogens with zero attached hydrogens (tertiary/aromatic N) is 1. The van der Waals surface area contributed by atoms with Gasteiger partial charge in [-0.3, -0.25) is 10.3 Å². The molecule has 0 saturated carbocycles. The van der Waals surface area contributed by atoms with Crippen LogP contribution in [0.5, 0.6) is 17.2 Å². The molecule has 6 heteroatoms. The van der Waals surface area contributed by atoms with Gasteiger partial charge in [-0.05, 0) is 47.5 Å². The summed E-state index contributed by atoms with van der Waals surface area (Å²) in [5, 5.41) is 14.0. The number of rotatable bonds is 3. The lowest BCUT2D eigenvalue weighted by molar-refractivity contribution is 0.174. The second-order valence-electron chi connectivity index (χ2n) is 7.08. The Labute approximate surface area is 177 Å². The molecule has 2 aliphatic rings. The molecule has 0 fully saturated rings. The molecule has 0 saturated heterocycles. The van der Waals surface area contributed by atoms with E-state index in [1.807, 2.05) is 48.5 Å². The molecule has 2 heterocycles. The molecule has 0 amide bonds. The van der Waals surface area contributed by atoms with E-state index in [0.717, 1.165) is 38.4 Å². The molecule has 0 bridgehead atoms. The van der Waals surface area contributed by atoms with Gasteiger partial charge in [0.1, 0.15) is 11.9 Å². The molecule has 3 aromatic carbocycles. The fourth-order valence-electron chi connectivity index (χ4n) is 3.79. The van der Waals surface area contributed by atoms with Gasteiger partial charge < -0.3 is 14.6 Å². The number of ether oxygens (including phenoxy) is 2. The summed E-state index contributed by atoms with van der Waals surface area (Å²) in [6, 6.07) is 21.4. The Balaban J connectivity index is 1.57. The fraction of sp³-hybridized carbons (Fsp3) is 0.174. The monoisotopic (exact) mass is 450 g/mol. The number of phenols is 1. The summed E-state index contributed by atoms with van der Waals surface area (Å²) >= 11 is 3.55. The van der Waals surface area contributed by atoms with Crippen LogP contribution >= 0.6 is 15.9 Å². The van der Waals surface area contributed by atoms with Crippen LogP contribution in [0.3, 0.4) is 0 Å². The van der Waals surface area contributed by atoms with E-state index in [1.165, 1.54) is 0 Å². The summed E-state index contributed by atoms with van der Waals surface area (Å²) in [6.45, 7) is 0.244. The van der Waals surface area contributed by atoms with E-state index in [9.17, 15) is 5.11 Å². The van der Waals surface area contributed by atoms with Crippen LogP contribution in [0.2, 0.25) is 0 Å². The van der Waals surface area contributed by atoms with E-state index < -0.39 is 0 Å². The summed E-state index contributed by atoms with van der Waals surface area (Å²) in [6.07, 6.45) is 0.424. The van der Waals surface area contributed by atoms with Crippen molar-refractivity contribution in [3.63, 3.8) is 0 Å². The zero-order chi connectivity index (χ0) is 19.8. The fourth-order valence-corrected chi connectivity index (χ4v) is 4.20. The number of aromatic hydroxyl groups is 1. The predicted octanol–water partition coefficient (Wildman–Crippen LogP) is 5.11. The maximum atomic E-state index is 10.4. The van der Waals surface area contributed by atoms with Gasteiger partial charge in [0.15, 0.2) is 11.5 Å². The van der Waals surface area contributed by atoms with Crippen LogP contribution in [-0.4, -0.2) is 17.6 Å². The van der Waals surface area contributed by atoms with Crippen molar-refractivity contribution < 1.29 is 14.6 Å². The summed E-state index contributed by atoms with van der Waals surface area (Å²) < 4.78 is 12.0. The van der Waals surface area contributed by atoms with Gasteiger partial charge in [0, 0.05) is 28.2 Å². The number of hydrogen-bond donors (Lipinski definition) is 2. The van der Waals surface area contributed by atoms with Gasteiger partial charge in [-0.15, -0.1) is 0 Å². The minimum Gasteiger partial charge on any atom is -0.508 e. The third-order valence-electron chi connectivity index (χ3n) is 5.22. The van der Waals surface area contributed by atoms with Crippen molar-refractivity contribution >= 4 is 21.6 Å². The Kier molecular flexibility index (Phi) is 4.73. The first-order valence-corrected chi connectivity index (χ1v) is 10.2.